The van der Waals surface area contributed by atoms with Crippen LogP contribution in [0.25, 0.3) is 0 Å². The monoisotopic (exact) mass is 169 g/mol. The van der Waals surface area contributed by atoms with E-state index in [1.54, 1.807) is 0 Å². The maximum Gasteiger partial charge on any atom is -0.0354 e. The first-order valence-electron chi connectivity index (χ1n) is 5.31. The number of hydrogen-bond donors (Lipinski definition) is 0. The highest BCUT2D eigenvalue weighted by atomic mass is 14.1. The van der Waals surface area contributed by atoms with E-state index in [-0.39, 0.29) is 5.41 Å². The van der Waals surface area contributed by atoms with Crippen LogP contribution in [0, 0.1) is 18.3 Å². The zero-order chi connectivity index (χ0) is 9.61. The maximum absolute atomic E-state index is 4.11. The minimum absolute atomic E-state index is 0.287. The Morgan fingerprint density at radius 1 is 1.25 bits per heavy atom. The van der Waals surface area contributed by atoms with Crippen LogP contribution in [-0.4, -0.2) is 0 Å². The molecule has 73 valence electrons. The smallest absolute Gasteiger partial charge is 0.0354 e. The third-order valence-corrected chi connectivity index (χ3v) is 2.50. The van der Waals surface area contributed by atoms with Crippen molar-refractivity contribution in [1.29, 1.82) is 0 Å². The van der Waals surface area contributed by atoms with Gasteiger partial charge in [0.05, 0.1) is 0 Å². The molecule has 0 aliphatic rings. The van der Waals surface area contributed by atoms with Crippen LogP contribution in [0.3, 0.4) is 0 Å². The van der Waals surface area contributed by atoms with Crippen LogP contribution in [0.1, 0.15) is 59.8 Å². The first-order valence-corrected chi connectivity index (χ1v) is 5.31. The summed E-state index contributed by atoms with van der Waals surface area (Å²) < 4.78 is 0. The van der Waals surface area contributed by atoms with Gasteiger partial charge in [0.2, 0.25) is 0 Å². The summed E-state index contributed by atoms with van der Waals surface area (Å²) in [6.45, 7) is 13.2. The summed E-state index contributed by atoms with van der Waals surface area (Å²) in [6.07, 6.45) is 6.72. The van der Waals surface area contributed by atoms with Gasteiger partial charge in [0, 0.05) is 0 Å². The lowest BCUT2D eigenvalue weighted by Gasteiger charge is -2.17. The highest BCUT2D eigenvalue weighted by Crippen LogP contribution is 2.22. The lowest BCUT2D eigenvalue weighted by molar-refractivity contribution is 0.388. The molecule has 0 heteroatoms. The van der Waals surface area contributed by atoms with E-state index in [0.717, 1.165) is 5.92 Å². The van der Waals surface area contributed by atoms with Crippen molar-refractivity contribution in [3.8, 4) is 0 Å². The molecule has 1 atom stereocenters. The van der Waals surface area contributed by atoms with Gasteiger partial charge in [0.15, 0.2) is 0 Å². The van der Waals surface area contributed by atoms with Crippen molar-refractivity contribution in [3.05, 3.63) is 6.92 Å². The van der Waals surface area contributed by atoms with Crippen LogP contribution in [0.2, 0.25) is 0 Å². The van der Waals surface area contributed by atoms with Crippen LogP contribution in [0.15, 0.2) is 0 Å². The van der Waals surface area contributed by atoms with Gasteiger partial charge in [0.25, 0.3) is 0 Å². The van der Waals surface area contributed by atoms with Gasteiger partial charge >= 0.3 is 0 Å². The molecular weight excluding hydrogens is 144 g/mol. The Morgan fingerprint density at radius 2 is 1.83 bits per heavy atom. The molecule has 0 bridgehead atoms. The summed E-state index contributed by atoms with van der Waals surface area (Å²) in [5.41, 5.74) is 0.287. The van der Waals surface area contributed by atoms with Crippen molar-refractivity contribution in [2.24, 2.45) is 11.3 Å². The van der Waals surface area contributed by atoms with Gasteiger partial charge in [-0.2, -0.15) is 0 Å². The lowest BCUT2D eigenvalue weighted by atomic mass is 9.88. The summed E-state index contributed by atoms with van der Waals surface area (Å²) in [6, 6.07) is 0. The Hall–Kier alpha value is 0. The fourth-order valence-electron chi connectivity index (χ4n) is 1.30. The first kappa shape index (κ1) is 12.0. The molecule has 12 heavy (non-hydrogen) atoms. The van der Waals surface area contributed by atoms with Crippen LogP contribution in [-0.2, 0) is 0 Å². The summed E-state index contributed by atoms with van der Waals surface area (Å²) in [4.78, 5) is 0. The van der Waals surface area contributed by atoms with Crippen molar-refractivity contribution >= 4 is 0 Å². The summed E-state index contributed by atoms with van der Waals surface area (Å²) in [5, 5.41) is 0. The fourth-order valence-corrected chi connectivity index (χ4v) is 1.30. The van der Waals surface area contributed by atoms with Gasteiger partial charge in [-0.15, -0.1) is 0 Å². The van der Waals surface area contributed by atoms with E-state index in [9.17, 15) is 0 Å². The summed E-state index contributed by atoms with van der Waals surface area (Å²) in [5.74, 6) is 0.915. The molecule has 0 aliphatic carbocycles. The second-order valence-corrected chi connectivity index (χ2v) is 4.92. The van der Waals surface area contributed by atoms with Crippen LogP contribution in [0.5, 0.6) is 0 Å². The SMILES string of the molecule is [CH2]C(C)(C)CCCCC(C)CC. The standard InChI is InChI=1S/C12H25/c1-6-11(2)9-7-8-10-12(3,4)5/h11H,3,6-10H2,1-2,4-5H3. The topological polar surface area (TPSA) is 0 Å². The predicted molar refractivity (Wildman–Crippen MR) is 57.1 cm³/mol. The minimum Gasteiger partial charge on any atom is -0.0651 e. The fraction of sp³-hybridized carbons (Fsp3) is 0.917. The largest absolute Gasteiger partial charge is 0.0651 e. The zero-order valence-electron chi connectivity index (χ0n) is 9.32. The van der Waals surface area contributed by atoms with E-state index >= 15 is 0 Å². The molecule has 0 fully saturated rings. The highest BCUT2D eigenvalue weighted by Gasteiger charge is 2.09. The molecule has 0 rings (SSSR count). The Morgan fingerprint density at radius 3 is 2.25 bits per heavy atom. The summed E-state index contributed by atoms with van der Waals surface area (Å²) in [7, 11) is 0. The molecule has 1 unspecified atom stereocenters. The van der Waals surface area contributed by atoms with E-state index in [1.807, 2.05) is 0 Å². The highest BCUT2D eigenvalue weighted by molar-refractivity contribution is 4.70. The molecule has 1 radical (unpaired) electrons. The molecular formula is C12H25. The number of hydrogen-bond acceptors (Lipinski definition) is 0. The lowest BCUT2D eigenvalue weighted by Crippen LogP contribution is -2.05. The Bertz CT molecular complexity index is 97.1. The van der Waals surface area contributed by atoms with Gasteiger partial charge in [-0.25, -0.2) is 0 Å². The second-order valence-electron chi connectivity index (χ2n) is 4.92. The van der Waals surface area contributed by atoms with Crippen molar-refractivity contribution < 1.29 is 0 Å². The van der Waals surface area contributed by atoms with Crippen LogP contribution < -0.4 is 0 Å². The molecule has 0 aromatic heterocycles. The Balaban J connectivity index is 3.22. The molecule has 0 aromatic rings. The molecule has 0 amide bonds. The van der Waals surface area contributed by atoms with Crippen molar-refractivity contribution in [2.45, 2.75) is 59.8 Å². The van der Waals surface area contributed by atoms with Crippen molar-refractivity contribution in [1.82, 2.24) is 0 Å². The zero-order valence-corrected chi connectivity index (χ0v) is 9.32. The van der Waals surface area contributed by atoms with Crippen molar-refractivity contribution in [3.63, 3.8) is 0 Å². The third-order valence-electron chi connectivity index (χ3n) is 2.50. The van der Waals surface area contributed by atoms with Crippen LogP contribution >= 0.6 is 0 Å². The van der Waals surface area contributed by atoms with Crippen LogP contribution in [0.4, 0.5) is 0 Å². The summed E-state index contributed by atoms with van der Waals surface area (Å²) >= 11 is 0. The Kier molecular flexibility index (Phi) is 5.61. The van der Waals surface area contributed by atoms with Gasteiger partial charge in [-0.3, -0.25) is 0 Å². The van der Waals surface area contributed by atoms with E-state index in [4.69, 9.17) is 0 Å². The minimum atomic E-state index is 0.287. The Labute approximate surface area is 78.8 Å². The first-order chi connectivity index (χ1) is 5.45. The third kappa shape index (κ3) is 8.10. The normalized spacial score (nSPS) is 14.8. The van der Waals surface area contributed by atoms with Gasteiger partial charge < -0.3 is 0 Å². The van der Waals surface area contributed by atoms with Gasteiger partial charge in [0.1, 0.15) is 0 Å². The molecule has 0 aliphatic heterocycles. The maximum atomic E-state index is 4.11. The second kappa shape index (κ2) is 5.61. The van der Waals surface area contributed by atoms with Gasteiger partial charge in [-0.1, -0.05) is 53.4 Å². The van der Waals surface area contributed by atoms with E-state index in [2.05, 4.69) is 34.6 Å². The number of unbranched alkanes of at least 4 members (excludes halogenated alkanes) is 1. The molecule has 0 saturated heterocycles. The average Bonchev–Trinajstić information content (AvgIpc) is 1.96. The van der Waals surface area contributed by atoms with Crippen molar-refractivity contribution in [2.75, 3.05) is 0 Å². The molecule has 0 nitrogen and oxygen atoms in total. The van der Waals surface area contributed by atoms with E-state index < -0.39 is 0 Å². The van der Waals surface area contributed by atoms with E-state index in [0.29, 0.717) is 0 Å². The van der Waals surface area contributed by atoms with E-state index in [1.165, 1.54) is 32.1 Å². The molecule has 0 N–H and O–H groups in total. The molecule has 0 aromatic carbocycles. The van der Waals surface area contributed by atoms with Gasteiger partial charge in [-0.05, 0) is 24.7 Å². The quantitative estimate of drug-likeness (QED) is 0.515. The molecule has 0 heterocycles. The molecule has 0 spiro atoms. The average molecular weight is 169 g/mol. The predicted octanol–water partition coefficient (Wildman–Crippen LogP) is 4.45. The molecule has 0 saturated carbocycles. The number of rotatable bonds is 6.